The number of carbonyl (C=O) groups is 1. The van der Waals surface area contributed by atoms with E-state index in [9.17, 15) is 13.2 Å². The van der Waals surface area contributed by atoms with E-state index in [4.69, 9.17) is 5.26 Å². The van der Waals surface area contributed by atoms with Crippen LogP contribution in [0.5, 0.6) is 0 Å². The zero-order valence-corrected chi connectivity index (χ0v) is 12.3. The summed E-state index contributed by atoms with van der Waals surface area (Å²) in [5.41, 5.74) is 1.95. The van der Waals surface area contributed by atoms with Gasteiger partial charge in [0.1, 0.15) is 0 Å². The zero-order valence-electron chi connectivity index (χ0n) is 11.5. The number of aryl methyl sites for hydroxylation is 2. The number of nitrogens with zero attached hydrogens (tertiary/aromatic N) is 1. The summed E-state index contributed by atoms with van der Waals surface area (Å²) < 4.78 is 25.6. The van der Waals surface area contributed by atoms with Crippen molar-refractivity contribution in [2.24, 2.45) is 0 Å². The fourth-order valence-corrected chi connectivity index (χ4v) is 4.61. The zero-order chi connectivity index (χ0) is 15.4. The second-order valence-electron chi connectivity index (χ2n) is 5.11. The average Bonchev–Trinajstić information content (AvgIpc) is 2.43. The lowest BCUT2D eigenvalue weighted by Crippen LogP contribution is -2.21. The third-order valence-electron chi connectivity index (χ3n) is 3.58. The minimum atomic E-state index is -3.79. The van der Waals surface area contributed by atoms with Gasteiger partial charge in [-0.05, 0) is 43.7 Å². The number of hydrogen-bond donors (Lipinski definition) is 0. The quantitative estimate of drug-likeness (QED) is 0.639. The Kier molecular flexibility index (Phi) is 2.75. The van der Waals surface area contributed by atoms with Gasteiger partial charge in [0.25, 0.3) is 0 Å². The van der Waals surface area contributed by atoms with Crippen LogP contribution in [0.4, 0.5) is 0 Å². The van der Waals surface area contributed by atoms with Crippen LogP contribution in [0.2, 0.25) is 0 Å². The van der Waals surface area contributed by atoms with Gasteiger partial charge in [0, 0.05) is 11.1 Å². The van der Waals surface area contributed by atoms with E-state index in [1.807, 2.05) is 13.0 Å². The molecule has 0 aliphatic carbocycles. The van der Waals surface area contributed by atoms with Gasteiger partial charge < -0.3 is 0 Å². The first-order valence-electron chi connectivity index (χ1n) is 6.31. The normalized spacial score (nSPS) is 15.0. The highest BCUT2D eigenvalue weighted by molar-refractivity contribution is 7.91. The van der Waals surface area contributed by atoms with Crippen LogP contribution in [0.1, 0.15) is 32.6 Å². The van der Waals surface area contributed by atoms with Crippen molar-refractivity contribution >= 4 is 15.6 Å². The third kappa shape index (κ3) is 1.80. The van der Waals surface area contributed by atoms with Gasteiger partial charge in [0.05, 0.1) is 21.4 Å². The fourth-order valence-electron chi connectivity index (χ4n) is 2.74. The van der Waals surface area contributed by atoms with Crippen LogP contribution < -0.4 is 0 Å². The third-order valence-corrected chi connectivity index (χ3v) is 5.57. The summed E-state index contributed by atoms with van der Waals surface area (Å²) >= 11 is 0. The highest BCUT2D eigenvalue weighted by atomic mass is 32.2. The molecule has 104 valence electrons. The molecule has 1 aliphatic rings. The second kappa shape index (κ2) is 4.27. The van der Waals surface area contributed by atoms with E-state index in [2.05, 4.69) is 0 Å². The van der Waals surface area contributed by atoms with Crippen molar-refractivity contribution in [3.63, 3.8) is 0 Å². The van der Waals surface area contributed by atoms with Gasteiger partial charge in [0.2, 0.25) is 9.84 Å². The van der Waals surface area contributed by atoms with Crippen molar-refractivity contribution in [1.82, 2.24) is 0 Å². The van der Waals surface area contributed by atoms with Gasteiger partial charge in [0.15, 0.2) is 5.78 Å². The van der Waals surface area contributed by atoms with Crippen LogP contribution in [0.25, 0.3) is 0 Å². The van der Waals surface area contributed by atoms with Gasteiger partial charge in [-0.25, -0.2) is 8.42 Å². The van der Waals surface area contributed by atoms with Crippen molar-refractivity contribution in [2.45, 2.75) is 23.6 Å². The molecular weight excluding hydrogens is 286 g/mol. The van der Waals surface area contributed by atoms with Crippen LogP contribution in [0.15, 0.2) is 40.1 Å². The molecule has 2 aromatic rings. The molecule has 1 aliphatic heterocycles. The highest BCUT2D eigenvalue weighted by Crippen LogP contribution is 2.37. The van der Waals surface area contributed by atoms with Crippen molar-refractivity contribution in [2.75, 3.05) is 0 Å². The molecule has 1 heterocycles. The first-order chi connectivity index (χ1) is 9.86. The summed E-state index contributed by atoms with van der Waals surface area (Å²) in [7, 11) is -3.79. The molecule has 0 bridgehead atoms. The molecule has 0 unspecified atom stereocenters. The molecule has 0 saturated heterocycles. The Hall–Kier alpha value is -2.45. The summed E-state index contributed by atoms with van der Waals surface area (Å²) in [6, 6.07) is 9.38. The lowest BCUT2D eigenvalue weighted by Gasteiger charge is -2.21. The van der Waals surface area contributed by atoms with E-state index >= 15 is 0 Å². The first kappa shape index (κ1) is 13.5. The van der Waals surface area contributed by atoms with E-state index in [0.717, 1.165) is 5.56 Å². The smallest absolute Gasteiger partial charge is 0.208 e. The van der Waals surface area contributed by atoms with Crippen LogP contribution >= 0.6 is 0 Å². The van der Waals surface area contributed by atoms with E-state index in [-0.39, 0.29) is 32.3 Å². The molecular formula is C16H11NO3S. The van der Waals surface area contributed by atoms with Gasteiger partial charge >= 0.3 is 0 Å². The molecule has 0 saturated carbocycles. The Bertz CT molecular complexity index is 950. The van der Waals surface area contributed by atoms with Gasteiger partial charge in [-0.3, -0.25) is 4.79 Å². The van der Waals surface area contributed by atoms with Crippen LogP contribution in [-0.4, -0.2) is 14.2 Å². The molecule has 0 amide bonds. The standard InChI is InChI=1S/C16H11NO3S/c1-9-5-10(2)16-13(6-9)15(18)12-4-3-11(8-17)7-14(12)21(16,19)20/h3-7H,1-2H3. The molecule has 21 heavy (non-hydrogen) atoms. The maximum Gasteiger partial charge on any atom is 0.208 e. The van der Waals surface area contributed by atoms with Crippen molar-refractivity contribution in [3.05, 3.63) is 58.1 Å². The van der Waals surface area contributed by atoms with Crippen molar-refractivity contribution in [3.8, 4) is 6.07 Å². The Morgan fingerprint density at radius 3 is 2.43 bits per heavy atom. The van der Waals surface area contributed by atoms with E-state index < -0.39 is 9.84 Å². The average molecular weight is 297 g/mol. The van der Waals surface area contributed by atoms with Crippen molar-refractivity contribution < 1.29 is 13.2 Å². The SMILES string of the molecule is Cc1cc(C)c2c(c1)C(=O)c1ccc(C#N)cc1S2(=O)=O. The number of carbonyl (C=O) groups excluding carboxylic acids is 1. The summed E-state index contributed by atoms with van der Waals surface area (Å²) in [6.45, 7) is 3.50. The number of ketones is 1. The first-order valence-corrected chi connectivity index (χ1v) is 7.80. The number of benzene rings is 2. The largest absolute Gasteiger partial charge is 0.289 e. The minimum absolute atomic E-state index is 0.0562. The van der Waals surface area contributed by atoms with Crippen LogP contribution in [0.3, 0.4) is 0 Å². The number of hydrogen-bond acceptors (Lipinski definition) is 4. The minimum Gasteiger partial charge on any atom is -0.289 e. The predicted octanol–water partition coefficient (Wildman–Crippen LogP) is 2.55. The molecule has 5 heteroatoms. The van der Waals surface area contributed by atoms with Gasteiger partial charge in [-0.2, -0.15) is 5.26 Å². The Morgan fingerprint density at radius 1 is 1.05 bits per heavy atom. The summed E-state index contributed by atoms with van der Waals surface area (Å²) in [5.74, 6) is -0.314. The maximum atomic E-state index is 12.8. The monoisotopic (exact) mass is 297 g/mol. The van der Waals surface area contributed by atoms with Crippen LogP contribution in [-0.2, 0) is 9.84 Å². The van der Waals surface area contributed by atoms with E-state index in [1.165, 1.54) is 18.2 Å². The Balaban J connectivity index is 2.46. The Labute approximate surface area is 122 Å². The van der Waals surface area contributed by atoms with Gasteiger partial charge in [-0.15, -0.1) is 0 Å². The molecule has 3 rings (SSSR count). The molecule has 0 fully saturated rings. The molecule has 0 N–H and O–H groups in total. The summed E-state index contributed by atoms with van der Waals surface area (Å²) in [5, 5.41) is 8.93. The van der Waals surface area contributed by atoms with E-state index in [1.54, 1.807) is 19.1 Å². The second-order valence-corrected chi connectivity index (χ2v) is 6.97. The summed E-state index contributed by atoms with van der Waals surface area (Å²) in [6.07, 6.45) is 0. The number of fused-ring (bicyclic) bond motifs is 2. The lowest BCUT2D eigenvalue weighted by atomic mass is 9.98. The Morgan fingerprint density at radius 2 is 1.76 bits per heavy atom. The van der Waals surface area contributed by atoms with Gasteiger partial charge in [-0.1, -0.05) is 11.6 Å². The summed E-state index contributed by atoms with van der Waals surface area (Å²) in [4.78, 5) is 12.5. The molecule has 4 nitrogen and oxygen atoms in total. The number of sulfone groups is 1. The van der Waals surface area contributed by atoms with Crippen LogP contribution in [0, 0.1) is 25.2 Å². The highest BCUT2D eigenvalue weighted by Gasteiger charge is 2.36. The lowest BCUT2D eigenvalue weighted by molar-refractivity contribution is 0.103. The predicted molar refractivity (Wildman–Crippen MR) is 76.0 cm³/mol. The van der Waals surface area contributed by atoms with Crippen molar-refractivity contribution in [1.29, 1.82) is 5.26 Å². The van der Waals surface area contributed by atoms with E-state index in [0.29, 0.717) is 5.56 Å². The number of rotatable bonds is 0. The molecule has 0 spiro atoms. The topological polar surface area (TPSA) is 75.0 Å². The fraction of sp³-hybridized carbons (Fsp3) is 0.125. The molecule has 0 aromatic heterocycles. The molecule has 0 radical (unpaired) electrons. The molecule has 0 atom stereocenters. The number of nitriles is 1. The maximum absolute atomic E-state index is 12.8. The molecule has 2 aromatic carbocycles.